The largest absolute Gasteiger partial charge is 0.368 e. The van der Waals surface area contributed by atoms with Gasteiger partial charge in [0, 0.05) is 45.0 Å². The van der Waals surface area contributed by atoms with Crippen LogP contribution in [0.15, 0.2) is 23.2 Å². The lowest BCUT2D eigenvalue weighted by atomic mass is 10.1. The van der Waals surface area contributed by atoms with Gasteiger partial charge in [0.05, 0.1) is 0 Å². The molecule has 8 heteroatoms. The predicted octanol–water partition coefficient (Wildman–Crippen LogP) is 3.57. The van der Waals surface area contributed by atoms with E-state index in [1.165, 1.54) is 42.5 Å². The van der Waals surface area contributed by atoms with Gasteiger partial charge in [-0.05, 0) is 50.8 Å². The number of piperazine rings is 1. The van der Waals surface area contributed by atoms with Crippen molar-refractivity contribution >= 4 is 35.6 Å². The summed E-state index contributed by atoms with van der Waals surface area (Å²) in [5.41, 5.74) is 4.12. The fourth-order valence-electron chi connectivity index (χ4n) is 4.46. The van der Waals surface area contributed by atoms with Crippen molar-refractivity contribution in [2.75, 3.05) is 31.1 Å². The minimum absolute atomic E-state index is 0. The third-order valence-electron chi connectivity index (χ3n) is 6.74. The number of benzene rings is 1. The molecule has 0 amide bonds. The number of hydrogen-bond donors (Lipinski definition) is 1. The average molecular weight is 537 g/mol. The molecule has 1 aromatic heterocycles. The number of rotatable bonds is 4. The average Bonchev–Trinajstić information content (AvgIpc) is 3.38. The Morgan fingerprint density at radius 3 is 2.42 bits per heavy atom. The van der Waals surface area contributed by atoms with Crippen molar-refractivity contribution in [3.8, 4) is 0 Å². The highest BCUT2D eigenvalue weighted by atomic mass is 127. The summed E-state index contributed by atoms with van der Waals surface area (Å²) in [4.78, 5) is 9.91. The Bertz CT molecular complexity index is 893. The highest BCUT2D eigenvalue weighted by Crippen LogP contribution is 2.24. The maximum Gasteiger partial charge on any atom is 0.194 e. The van der Waals surface area contributed by atoms with E-state index in [1.54, 1.807) is 0 Å². The highest BCUT2D eigenvalue weighted by Gasteiger charge is 2.24. The van der Waals surface area contributed by atoms with Crippen molar-refractivity contribution < 1.29 is 0 Å². The standard InChI is InChI=1S/C23H35N7.HI/c1-17-8-7-11-21(18(17)2)29-12-14-30(15-13-29)23(25-20-9-5-6-10-20)24-16-22-27-26-19(3)28(22)4;/h7-8,11,20H,5-6,9-10,12-16H2,1-4H3,(H,24,25);1H. The molecule has 2 aromatic rings. The number of aliphatic imine (C=N–C) groups is 1. The number of halogens is 1. The van der Waals surface area contributed by atoms with Crippen molar-refractivity contribution in [2.45, 2.75) is 59.0 Å². The van der Waals surface area contributed by atoms with Crippen LogP contribution in [0.2, 0.25) is 0 Å². The van der Waals surface area contributed by atoms with Crippen LogP contribution in [-0.4, -0.2) is 57.8 Å². The van der Waals surface area contributed by atoms with Crippen LogP contribution < -0.4 is 10.2 Å². The summed E-state index contributed by atoms with van der Waals surface area (Å²) in [5, 5.41) is 12.2. The lowest BCUT2D eigenvalue weighted by Gasteiger charge is -2.39. The molecule has 0 bridgehead atoms. The molecule has 1 saturated carbocycles. The van der Waals surface area contributed by atoms with Gasteiger partial charge in [-0.3, -0.25) is 0 Å². The molecule has 1 aliphatic carbocycles. The van der Waals surface area contributed by atoms with Crippen LogP contribution in [0, 0.1) is 20.8 Å². The van der Waals surface area contributed by atoms with Crippen molar-refractivity contribution in [1.29, 1.82) is 0 Å². The van der Waals surface area contributed by atoms with Gasteiger partial charge < -0.3 is 19.7 Å². The number of nitrogens with one attached hydrogen (secondary N) is 1. The maximum atomic E-state index is 4.97. The minimum atomic E-state index is 0. The molecule has 1 saturated heterocycles. The fourth-order valence-corrected chi connectivity index (χ4v) is 4.46. The van der Waals surface area contributed by atoms with Crippen molar-refractivity contribution in [1.82, 2.24) is 25.0 Å². The molecule has 1 N–H and O–H groups in total. The second-order valence-electron chi connectivity index (χ2n) is 8.68. The van der Waals surface area contributed by atoms with E-state index in [-0.39, 0.29) is 24.0 Å². The second kappa shape index (κ2) is 10.7. The van der Waals surface area contributed by atoms with Gasteiger partial charge in [0.25, 0.3) is 0 Å². The molecule has 2 aliphatic rings. The van der Waals surface area contributed by atoms with Crippen LogP contribution in [0.1, 0.15) is 48.5 Å². The first-order chi connectivity index (χ1) is 14.5. The van der Waals surface area contributed by atoms with Gasteiger partial charge in [0.2, 0.25) is 0 Å². The third-order valence-corrected chi connectivity index (χ3v) is 6.74. The van der Waals surface area contributed by atoms with E-state index in [4.69, 9.17) is 4.99 Å². The van der Waals surface area contributed by atoms with Gasteiger partial charge in [-0.1, -0.05) is 25.0 Å². The Kier molecular flexibility index (Phi) is 8.18. The summed E-state index contributed by atoms with van der Waals surface area (Å²) < 4.78 is 2.02. The van der Waals surface area contributed by atoms with E-state index in [1.807, 2.05) is 18.5 Å². The summed E-state index contributed by atoms with van der Waals surface area (Å²) in [6.07, 6.45) is 5.11. The Hall–Kier alpha value is -1.84. The molecule has 31 heavy (non-hydrogen) atoms. The normalized spacial score (nSPS) is 17.7. The molecule has 0 unspecified atom stereocenters. The van der Waals surface area contributed by atoms with E-state index in [9.17, 15) is 0 Å². The molecule has 0 atom stereocenters. The molecule has 0 radical (unpaired) electrons. The number of guanidine groups is 1. The van der Waals surface area contributed by atoms with Crippen molar-refractivity contribution in [3.63, 3.8) is 0 Å². The van der Waals surface area contributed by atoms with Crippen LogP contribution in [0.25, 0.3) is 0 Å². The molecule has 0 spiro atoms. The molecule has 2 heterocycles. The minimum Gasteiger partial charge on any atom is -0.368 e. The molecule has 1 aliphatic heterocycles. The van der Waals surface area contributed by atoms with Crippen molar-refractivity contribution in [3.05, 3.63) is 41.0 Å². The van der Waals surface area contributed by atoms with Gasteiger partial charge in [0.1, 0.15) is 12.4 Å². The first-order valence-corrected chi connectivity index (χ1v) is 11.2. The molecular formula is C23H36IN7. The van der Waals surface area contributed by atoms with Gasteiger partial charge in [-0.2, -0.15) is 0 Å². The Morgan fingerprint density at radius 2 is 1.77 bits per heavy atom. The summed E-state index contributed by atoms with van der Waals surface area (Å²) in [7, 11) is 2.01. The second-order valence-corrected chi connectivity index (χ2v) is 8.68. The molecular weight excluding hydrogens is 501 g/mol. The zero-order valence-corrected chi connectivity index (χ0v) is 21.6. The van der Waals surface area contributed by atoms with E-state index in [0.717, 1.165) is 43.8 Å². The zero-order valence-electron chi connectivity index (χ0n) is 19.3. The topological polar surface area (TPSA) is 61.6 Å². The molecule has 170 valence electrons. The van der Waals surface area contributed by atoms with Crippen LogP contribution in [0.4, 0.5) is 5.69 Å². The highest BCUT2D eigenvalue weighted by molar-refractivity contribution is 14.0. The van der Waals surface area contributed by atoms with Crippen LogP contribution in [-0.2, 0) is 13.6 Å². The number of aromatic nitrogens is 3. The zero-order chi connectivity index (χ0) is 21.1. The van der Waals surface area contributed by atoms with E-state index in [0.29, 0.717) is 12.6 Å². The van der Waals surface area contributed by atoms with Crippen LogP contribution in [0.5, 0.6) is 0 Å². The monoisotopic (exact) mass is 537 g/mol. The van der Waals surface area contributed by atoms with Crippen molar-refractivity contribution in [2.24, 2.45) is 12.0 Å². The lowest BCUT2D eigenvalue weighted by Crippen LogP contribution is -2.54. The summed E-state index contributed by atoms with van der Waals surface area (Å²) in [6.45, 7) is 10.9. The van der Waals surface area contributed by atoms with Crippen LogP contribution in [0.3, 0.4) is 0 Å². The number of aryl methyl sites for hydroxylation is 2. The fraction of sp³-hybridized carbons (Fsp3) is 0.609. The molecule has 2 fully saturated rings. The van der Waals surface area contributed by atoms with E-state index < -0.39 is 0 Å². The molecule has 7 nitrogen and oxygen atoms in total. The van der Waals surface area contributed by atoms with Gasteiger partial charge in [0.15, 0.2) is 11.8 Å². The Labute approximate surface area is 203 Å². The van der Waals surface area contributed by atoms with Gasteiger partial charge in [-0.25, -0.2) is 4.99 Å². The lowest BCUT2D eigenvalue weighted by molar-refractivity contribution is 0.365. The first kappa shape index (κ1) is 23.8. The van der Waals surface area contributed by atoms with E-state index >= 15 is 0 Å². The number of hydrogen-bond acceptors (Lipinski definition) is 4. The smallest absolute Gasteiger partial charge is 0.194 e. The predicted molar refractivity (Wildman–Crippen MR) is 137 cm³/mol. The molecule has 4 rings (SSSR count). The van der Waals surface area contributed by atoms with Crippen LogP contribution >= 0.6 is 24.0 Å². The van der Waals surface area contributed by atoms with Gasteiger partial charge >= 0.3 is 0 Å². The molecule has 1 aromatic carbocycles. The SMILES string of the molecule is Cc1cccc(N2CCN(C(=NCc3nnc(C)n3C)NC3CCCC3)CC2)c1C.I. The van der Waals surface area contributed by atoms with Gasteiger partial charge in [-0.15, -0.1) is 34.2 Å². The number of anilines is 1. The summed E-state index contributed by atoms with van der Waals surface area (Å²) in [6, 6.07) is 7.16. The third kappa shape index (κ3) is 5.51. The first-order valence-electron chi connectivity index (χ1n) is 11.2. The summed E-state index contributed by atoms with van der Waals surface area (Å²) >= 11 is 0. The Morgan fingerprint density at radius 1 is 1.06 bits per heavy atom. The quantitative estimate of drug-likeness (QED) is 0.367. The number of nitrogens with zero attached hydrogens (tertiary/aromatic N) is 6. The Balaban J connectivity index is 0.00000272. The summed E-state index contributed by atoms with van der Waals surface area (Å²) in [5.74, 6) is 2.86. The maximum absolute atomic E-state index is 4.97. The van der Waals surface area contributed by atoms with E-state index in [2.05, 4.69) is 57.4 Å².